The van der Waals surface area contributed by atoms with Crippen molar-refractivity contribution in [3.8, 4) is 0 Å². The molecule has 1 aliphatic heterocycles. The summed E-state index contributed by atoms with van der Waals surface area (Å²) in [6.07, 6.45) is 0.539. The Hall–Kier alpha value is -1.89. The molecule has 1 amide bonds. The first-order valence-electron chi connectivity index (χ1n) is 7.44. The maximum Gasteiger partial charge on any atom is 0.310 e. The van der Waals surface area contributed by atoms with Crippen LogP contribution in [0.5, 0.6) is 0 Å². The Balaban J connectivity index is 1.92. The number of anilines is 1. The lowest BCUT2D eigenvalue weighted by molar-refractivity contribution is -0.138. The molecule has 0 radical (unpaired) electrons. The number of carboxylic acid groups (broad SMARTS) is 1. The molecule has 0 spiro atoms. The number of carbonyl (C=O) groups is 2. The zero-order chi connectivity index (χ0) is 16.6. The Morgan fingerprint density at radius 3 is 2.43 bits per heavy atom. The molecule has 3 rings (SSSR count). The Morgan fingerprint density at radius 2 is 1.87 bits per heavy atom. The Morgan fingerprint density at radius 1 is 1.22 bits per heavy atom. The molecule has 2 unspecified atom stereocenters. The van der Waals surface area contributed by atoms with E-state index < -0.39 is 11.9 Å². The second-order valence-corrected chi connectivity index (χ2v) is 6.67. The molecule has 0 saturated heterocycles. The summed E-state index contributed by atoms with van der Waals surface area (Å²) in [5.41, 5.74) is 3.29. The van der Waals surface area contributed by atoms with Gasteiger partial charge in [0.2, 0.25) is 0 Å². The van der Waals surface area contributed by atoms with Crippen molar-refractivity contribution in [1.29, 1.82) is 0 Å². The molecule has 1 aliphatic rings. The summed E-state index contributed by atoms with van der Waals surface area (Å²) in [7, 11) is 0. The Bertz CT molecular complexity index is 757. The predicted octanol–water partition coefficient (Wildman–Crippen LogP) is 4.36. The molecule has 1 heterocycles. The van der Waals surface area contributed by atoms with E-state index >= 15 is 0 Å². The van der Waals surface area contributed by atoms with Gasteiger partial charge in [-0.3, -0.25) is 14.5 Å². The number of hydrogen-bond donors (Lipinski definition) is 1. The van der Waals surface area contributed by atoms with Gasteiger partial charge in [-0.05, 0) is 35.7 Å². The summed E-state index contributed by atoms with van der Waals surface area (Å²) in [5.74, 6) is -1.35. The molecule has 0 aliphatic carbocycles. The van der Waals surface area contributed by atoms with Gasteiger partial charge in [0.05, 0.1) is 5.92 Å². The molecule has 4 nitrogen and oxygen atoms in total. The number of aliphatic carboxylic acids is 1. The predicted molar refractivity (Wildman–Crippen MR) is 97.1 cm³/mol. The van der Waals surface area contributed by atoms with E-state index in [2.05, 4.69) is 22.6 Å². The van der Waals surface area contributed by atoms with E-state index in [9.17, 15) is 14.7 Å². The van der Waals surface area contributed by atoms with Crippen LogP contribution < -0.4 is 4.90 Å². The zero-order valence-electron chi connectivity index (χ0n) is 12.6. The third-order valence-electron chi connectivity index (χ3n) is 4.17. The topological polar surface area (TPSA) is 57.6 Å². The number of carbonyl (C=O) groups excluding carboxylic acids is 1. The normalized spacial score (nSPS) is 17.9. The second kappa shape index (κ2) is 6.31. The highest BCUT2D eigenvalue weighted by molar-refractivity contribution is 14.1. The quantitative estimate of drug-likeness (QED) is 0.454. The van der Waals surface area contributed by atoms with Crippen LogP contribution in [0.15, 0.2) is 48.5 Å². The highest BCUT2D eigenvalue weighted by atomic mass is 127. The van der Waals surface area contributed by atoms with Crippen molar-refractivity contribution < 1.29 is 14.7 Å². The van der Waals surface area contributed by atoms with Crippen LogP contribution in [0.1, 0.15) is 44.8 Å². The average Bonchev–Trinajstić information content (AvgIpc) is 2.81. The van der Waals surface area contributed by atoms with Crippen molar-refractivity contribution in [2.45, 2.75) is 23.3 Å². The lowest BCUT2D eigenvalue weighted by atomic mass is 9.96. The SMILES string of the molecule is CCC(C(=O)O)c1ccc(N2C(=O)c3ccccc3C2I)cc1. The van der Waals surface area contributed by atoms with Crippen LogP contribution in [0.4, 0.5) is 5.69 Å². The number of amides is 1. The monoisotopic (exact) mass is 421 g/mol. The standard InChI is InChI=1S/C18H16INO3/c1-2-13(18(22)23)11-7-9-12(10-8-11)20-16(19)14-5-3-4-6-15(14)17(20)21/h3-10,13,16H,2H2,1H3,(H,22,23). The Kier molecular flexibility index (Phi) is 4.39. The van der Waals surface area contributed by atoms with Crippen molar-refractivity contribution in [3.05, 3.63) is 65.2 Å². The number of fused-ring (bicyclic) bond motifs is 1. The maximum atomic E-state index is 12.6. The molecule has 1 N–H and O–H groups in total. The van der Waals surface area contributed by atoms with E-state index in [1.807, 2.05) is 43.3 Å². The molecule has 2 aromatic rings. The fraction of sp³-hybridized carbons (Fsp3) is 0.222. The van der Waals surface area contributed by atoms with Gasteiger partial charge in [0.1, 0.15) is 4.05 Å². The first kappa shape index (κ1) is 16.0. The van der Waals surface area contributed by atoms with Crippen LogP contribution in [0.2, 0.25) is 0 Å². The first-order valence-corrected chi connectivity index (χ1v) is 8.68. The smallest absolute Gasteiger partial charge is 0.310 e. The van der Waals surface area contributed by atoms with Crippen LogP contribution in [-0.4, -0.2) is 17.0 Å². The lowest BCUT2D eigenvalue weighted by Gasteiger charge is -2.21. The highest BCUT2D eigenvalue weighted by Crippen LogP contribution is 2.41. The summed E-state index contributed by atoms with van der Waals surface area (Å²) >= 11 is 2.26. The van der Waals surface area contributed by atoms with Crippen molar-refractivity contribution in [2.75, 3.05) is 4.90 Å². The van der Waals surface area contributed by atoms with Crippen LogP contribution in [0.3, 0.4) is 0 Å². The fourth-order valence-corrected chi connectivity index (χ4v) is 4.06. The van der Waals surface area contributed by atoms with Crippen molar-refractivity contribution in [1.82, 2.24) is 0 Å². The van der Waals surface area contributed by atoms with Crippen molar-refractivity contribution in [2.24, 2.45) is 0 Å². The number of benzene rings is 2. The molecule has 0 saturated carbocycles. The van der Waals surface area contributed by atoms with Gasteiger partial charge in [0.25, 0.3) is 5.91 Å². The summed E-state index contributed by atoms with van der Waals surface area (Å²) < 4.78 is -0.0522. The number of hydrogen-bond acceptors (Lipinski definition) is 2. The van der Waals surface area contributed by atoms with Gasteiger partial charge in [-0.1, -0.05) is 59.8 Å². The minimum Gasteiger partial charge on any atom is -0.481 e. The van der Waals surface area contributed by atoms with Crippen molar-refractivity contribution >= 4 is 40.2 Å². The van der Waals surface area contributed by atoms with Gasteiger partial charge in [0, 0.05) is 11.3 Å². The van der Waals surface area contributed by atoms with Crippen LogP contribution in [-0.2, 0) is 4.79 Å². The number of halogens is 1. The van der Waals surface area contributed by atoms with Gasteiger partial charge >= 0.3 is 5.97 Å². The molecule has 118 valence electrons. The molecule has 0 aromatic heterocycles. The summed E-state index contributed by atoms with van der Waals surface area (Å²) in [4.78, 5) is 25.6. The number of nitrogens with zero attached hydrogens (tertiary/aromatic N) is 1. The molecule has 2 atom stereocenters. The average molecular weight is 421 g/mol. The van der Waals surface area contributed by atoms with E-state index in [1.165, 1.54) is 0 Å². The zero-order valence-corrected chi connectivity index (χ0v) is 14.7. The molecule has 0 bridgehead atoms. The van der Waals surface area contributed by atoms with E-state index in [0.717, 1.165) is 22.4 Å². The summed E-state index contributed by atoms with van der Waals surface area (Å²) in [6.45, 7) is 1.86. The van der Waals surface area contributed by atoms with E-state index in [4.69, 9.17) is 0 Å². The first-order chi connectivity index (χ1) is 11.0. The van der Waals surface area contributed by atoms with Gasteiger partial charge in [-0.15, -0.1) is 0 Å². The third-order valence-corrected chi connectivity index (χ3v) is 5.40. The summed E-state index contributed by atoms with van der Waals surface area (Å²) in [5, 5.41) is 9.24. The minimum absolute atomic E-state index is 0.0157. The van der Waals surface area contributed by atoms with Gasteiger partial charge in [-0.2, -0.15) is 0 Å². The van der Waals surface area contributed by atoms with Crippen LogP contribution in [0, 0.1) is 0 Å². The molecule has 23 heavy (non-hydrogen) atoms. The maximum absolute atomic E-state index is 12.6. The molecule has 0 fully saturated rings. The summed E-state index contributed by atoms with van der Waals surface area (Å²) in [6, 6.07) is 14.9. The van der Waals surface area contributed by atoms with Crippen LogP contribution in [0.25, 0.3) is 0 Å². The number of alkyl halides is 1. The minimum atomic E-state index is -0.823. The molecule has 5 heteroatoms. The fourth-order valence-electron chi connectivity index (χ4n) is 2.94. The Labute approximate surface area is 148 Å². The van der Waals surface area contributed by atoms with Crippen LogP contribution >= 0.6 is 22.6 Å². The van der Waals surface area contributed by atoms with Gasteiger partial charge in [-0.25, -0.2) is 0 Å². The highest BCUT2D eigenvalue weighted by Gasteiger charge is 2.35. The van der Waals surface area contributed by atoms with Crippen molar-refractivity contribution in [3.63, 3.8) is 0 Å². The van der Waals surface area contributed by atoms with Gasteiger partial charge in [0.15, 0.2) is 0 Å². The van der Waals surface area contributed by atoms with E-state index in [1.54, 1.807) is 17.0 Å². The molecular weight excluding hydrogens is 405 g/mol. The molecule has 2 aromatic carbocycles. The number of rotatable bonds is 4. The molecular formula is C18H16INO3. The third kappa shape index (κ3) is 2.73. The van der Waals surface area contributed by atoms with E-state index in [-0.39, 0.29) is 9.96 Å². The lowest BCUT2D eigenvalue weighted by Crippen LogP contribution is -2.24. The van der Waals surface area contributed by atoms with E-state index in [0.29, 0.717) is 6.42 Å². The second-order valence-electron chi connectivity index (χ2n) is 5.49. The van der Waals surface area contributed by atoms with Gasteiger partial charge < -0.3 is 5.11 Å². The number of carboxylic acids is 1. The largest absolute Gasteiger partial charge is 0.481 e.